The fourth-order valence-electron chi connectivity index (χ4n) is 1.18. The van der Waals surface area contributed by atoms with Gasteiger partial charge in [-0.05, 0) is 11.5 Å². The van der Waals surface area contributed by atoms with Crippen molar-refractivity contribution in [2.45, 2.75) is 90.0 Å². The first kappa shape index (κ1) is 50.2. The molecule has 0 nitrogen and oxygen atoms in total. The predicted molar refractivity (Wildman–Crippen MR) is 131 cm³/mol. The Balaban J connectivity index is -0.0000000299. The van der Waals surface area contributed by atoms with Gasteiger partial charge in [-0.3, -0.25) is 0 Å². The smallest absolute Gasteiger partial charge is 0.358 e. The second-order valence-corrected chi connectivity index (χ2v) is 3.64. The van der Waals surface area contributed by atoms with E-state index in [2.05, 4.69) is 44.2 Å². The van der Waals surface area contributed by atoms with Crippen LogP contribution in [0.4, 0.5) is 0 Å². The molecule has 0 N–H and O–H groups in total. The molecule has 1 heteroatoms. The number of benzene rings is 2. The first-order chi connectivity index (χ1) is 11.3. The Kier molecular flexibility index (Phi) is 105. The van der Waals surface area contributed by atoms with Crippen LogP contribution in [-0.4, -0.2) is 0 Å². The van der Waals surface area contributed by atoms with Gasteiger partial charge in [0.05, 0.1) is 0 Å². The van der Waals surface area contributed by atoms with Gasteiger partial charge in [0.2, 0.25) is 0 Å². The summed E-state index contributed by atoms with van der Waals surface area (Å²) in [6, 6.07) is 23.0. The van der Waals surface area contributed by atoms with Gasteiger partial charge in [-0.1, -0.05) is 114 Å². The molecule has 0 atom stereocenters. The summed E-state index contributed by atoms with van der Waals surface area (Å²) in [4.78, 5) is 0. The van der Waals surface area contributed by atoms with Crippen LogP contribution in [0.5, 0.6) is 0 Å². The molecule has 0 amide bonds. The molecule has 162 valence electrons. The molecule has 0 spiro atoms. The van der Waals surface area contributed by atoms with Crippen molar-refractivity contribution < 1.29 is 21.1 Å². The van der Waals surface area contributed by atoms with E-state index in [4.69, 9.17) is 0 Å². The van der Waals surface area contributed by atoms with Crippen LogP contribution in [0, 0.1) is 13.5 Å². The molecule has 2 aromatic carbocycles. The molecule has 0 unspecified atom stereocenters. The Hall–Kier alpha value is -0.872. The Morgan fingerprint density at radius 2 is 0.889 bits per heavy atom. The van der Waals surface area contributed by atoms with Crippen LogP contribution in [0.25, 0.3) is 0 Å². The largest absolute Gasteiger partial charge is 2.00 e. The topological polar surface area (TPSA) is 0 Å². The average molecular weight is 549 g/mol. The summed E-state index contributed by atoms with van der Waals surface area (Å²) >= 11 is 0. The van der Waals surface area contributed by atoms with E-state index in [0.717, 1.165) is 0 Å². The van der Waals surface area contributed by atoms with Gasteiger partial charge in [0, 0.05) is 0 Å². The molecule has 0 radical (unpaired) electrons. The number of rotatable bonds is 1. The van der Waals surface area contributed by atoms with Gasteiger partial charge in [-0.2, -0.15) is 36.4 Å². The third kappa shape index (κ3) is 45.8. The van der Waals surface area contributed by atoms with Crippen molar-refractivity contribution >= 4 is 0 Å². The van der Waals surface area contributed by atoms with Crippen LogP contribution >= 0.6 is 0 Å². The molecule has 0 fully saturated rings. The van der Waals surface area contributed by atoms with E-state index in [9.17, 15) is 0 Å². The Morgan fingerprint density at radius 1 is 0.593 bits per heavy atom. The van der Waals surface area contributed by atoms with Crippen molar-refractivity contribution in [1.29, 1.82) is 0 Å². The van der Waals surface area contributed by atoms with Crippen LogP contribution in [0.3, 0.4) is 0 Å². The van der Waals surface area contributed by atoms with Crippen LogP contribution in [0.2, 0.25) is 0 Å². The van der Waals surface area contributed by atoms with Crippen molar-refractivity contribution in [1.82, 2.24) is 0 Å². The van der Waals surface area contributed by atoms with Gasteiger partial charge in [0.15, 0.2) is 0 Å². The zero-order valence-corrected chi connectivity index (χ0v) is 21.7. The fourth-order valence-corrected chi connectivity index (χ4v) is 1.18. The van der Waals surface area contributed by atoms with E-state index in [1.165, 1.54) is 5.56 Å². The maximum absolute atomic E-state index is 2.89. The second-order valence-electron chi connectivity index (χ2n) is 3.64. The van der Waals surface area contributed by atoms with Gasteiger partial charge in [0.1, 0.15) is 0 Å². The third-order valence-electron chi connectivity index (χ3n) is 2.07. The summed E-state index contributed by atoms with van der Waals surface area (Å²) in [6.07, 6.45) is 0. The van der Waals surface area contributed by atoms with E-state index in [1.807, 2.05) is 91.8 Å². The van der Waals surface area contributed by atoms with E-state index < -0.39 is 0 Å². The molecule has 0 saturated heterocycles. The van der Waals surface area contributed by atoms with Crippen LogP contribution in [0.1, 0.15) is 95.6 Å². The maximum atomic E-state index is 2.89. The van der Waals surface area contributed by atoms with Gasteiger partial charge in [-0.25, -0.2) is 0 Å². The van der Waals surface area contributed by atoms with E-state index in [1.54, 1.807) is 0 Å². The summed E-state index contributed by atoms with van der Waals surface area (Å²) < 4.78 is 0. The van der Waals surface area contributed by atoms with Crippen LogP contribution in [-0.2, 0) is 21.1 Å². The maximum Gasteiger partial charge on any atom is 2.00 e. The SMILES string of the molecule is C.C.CC.CC.CC.CC.CC(C)c1ccccc1.[CH3-].[W+2].[c-]1ccccc1. The molecule has 0 aliphatic rings. The zero-order valence-electron chi connectivity index (χ0n) is 18.8. The fraction of sp³-hybridized carbons (Fsp3) is 0.500. The van der Waals surface area contributed by atoms with Crippen LogP contribution in [0.15, 0.2) is 60.7 Å². The summed E-state index contributed by atoms with van der Waals surface area (Å²) in [6.45, 7) is 20.4. The van der Waals surface area contributed by atoms with E-state index >= 15 is 0 Å². The monoisotopic (exact) mass is 548 g/mol. The summed E-state index contributed by atoms with van der Waals surface area (Å²) in [5.41, 5.74) is 1.41. The Bertz CT molecular complexity index is 314. The van der Waals surface area contributed by atoms with E-state index in [0.29, 0.717) is 5.92 Å². The zero-order chi connectivity index (χ0) is 18.9. The molecule has 0 aliphatic heterocycles. The minimum Gasteiger partial charge on any atom is -0.358 e. The van der Waals surface area contributed by atoms with Gasteiger partial charge >= 0.3 is 21.1 Å². The minimum atomic E-state index is 0. The number of hydrogen-bond donors (Lipinski definition) is 0. The molecule has 0 saturated carbocycles. The normalized spacial score (nSPS) is 6.04. The first-order valence-electron chi connectivity index (χ1n) is 9.26. The van der Waals surface area contributed by atoms with E-state index in [-0.39, 0.29) is 43.3 Å². The Morgan fingerprint density at radius 3 is 1.04 bits per heavy atom. The van der Waals surface area contributed by atoms with Gasteiger partial charge in [0.25, 0.3) is 0 Å². The molecular formula is C26H52W. The third-order valence-corrected chi connectivity index (χ3v) is 2.07. The van der Waals surface area contributed by atoms with Crippen molar-refractivity contribution in [2.75, 3.05) is 0 Å². The second kappa shape index (κ2) is 56.2. The molecule has 0 bridgehead atoms. The van der Waals surface area contributed by atoms with Gasteiger partial charge < -0.3 is 7.43 Å². The van der Waals surface area contributed by atoms with Crippen molar-refractivity contribution in [3.63, 3.8) is 0 Å². The quantitative estimate of drug-likeness (QED) is 0.311. The summed E-state index contributed by atoms with van der Waals surface area (Å²) in [7, 11) is 0. The van der Waals surface area contributed by atoms with Crippen molar-refractivity contribution in [3.8, 4) is 0 Å². The minimum absolute atomic E-state index is 0. The molecule has 0 aliphatic carbocycles. The molecule has 0 aromatic heterocycles. The summed E-state index contributed by atoms with van der Waals surface area (Å²) in [5.74, 6) is 0.659. The Labute approximate surface area is 190 Å². The van der Waals surface area contributed by atoms with Crippen LogP contribution < -0.4 is 0 Å². The van der Waals surface area contributed by atoms with Crippen molar-refractivity contribution in [2.24, 2.45) is 0 Å². The average Bonchev–Trinajstić information content (AvgIpc) is 2.70. The molecule has 27 heavy (non-hydrogen) atoms. The molecule has 2 aromatic rings. The van der Waals surface area contributed by atoms with Crippen molar-refractivity contribution in [3.05, 3.63) is 79.7 Å². The molecular weight excluding hydrogens is 496 g/mol. The van der Waals surface area contributed by atoms with Gasteiger partial charge in [-0.15, -0.1) is 0 Å². The number of hydrogen-bond acceptors (Lipinski definition) is 0. The summed E-state index contributed by atoms with van der Waals surface area (Å²) in [5, 5.41) is 0. The molecule has 0 heterocycles. The first-order valence-corrected chi connectivity index (χ1v) is 9.26. The molecule has 2 rings (SSSR count). The standard InChI is InChI=1S/C9H12.C6H5.4C2H6.2CH4.CH3.W/c1-8(2)9-6-4-3-5-7-9;1-2-4-6-5-3-1;4*1-2;;;;/h3-8H,1-2H3;1-5H;4*1-2H3;2*1H4;1H3;/q;-1;;;;;;;-1;+2. The predicted octanol–water partition coefficient (Wildman–Crippen LogP) is 10.1.